The monoisotopic (exact) mass is 298 g/mol. The molecule has 20 heavy (non-hydrogen) atoms. The van der Waals surface area contributed by atoms with Gasteiger partial charge in [-0.25, -0.2) is 12.8 Å². The van der Waals surface area contributed by atoms with Crippen LogP contribution in [0, 0.1) is 5.82 Å². The number of hydrogen-bond acceptors (Lipinski definition) is 4. The van der Waals surface area contributed by atoms with Gasteiger partial charge in [0.25, 0.3) is 0 Å². The molecule has 1 fully saturated rings. The summed E-state index contributed by atoms with van der Waals surface area (Å²) in [5.41, 5.74) is 7.25. The van der Waals surface area contributed by atoms with Crippen molar-refractivity contribution in [3.8, 4) is 0 Å². The number of hydrogen-bond donors (Lipinski definition) is 1. The predicted molar refractivity (Wildman–Crippen MR) is 77.1 cm³/mol. The highest BCUT2D eigenvalue weighted by Gasteiger charge is 2.44. The highest BCUT2D eigenvalue weighted by molar-refractivity contribution is 7.91. The van der Waals surface area contributed by atoms with Gasteiger partial charge < -0.3 is 10.6 Å². The van der Waals surface area contributed by atoms with Crippen molar-refractivity contribution in [2.75, 3.05) is 29.5 Å². The average Bonchev–Trinajstić information content (AvgIpc) is 2.80. The van der Waals surface area contributed by atoms with Gasteiger partial charge in [-0.2, -0.15) is 0 Å². The summed E-state index contributed by atoms with van der Waals surface area (Å²) in [5.74, 6) is 0.0203. The van der Waals surface area contributed by atoms with E-state index in [1.165, 1.54) is 12.1 Å². The Morgan fingerprint density at radius 3 is 2.90 bits per heavy atom. The first-order chi connectivity index (χ1) is 9.46. The first-order valence-corrected chi connectivity index (χ1v) is 8.74. The average molecular weight is 298 g/mol. The molecule has 0 saturated carbocycles. The second kappa shape index (κ2) is 4.70. The van der Waals surface area contributed by atoms with Gasteiger partial charge in [0.2, 0.25) is 0 Å². The molecule has 2 aliphatic heterocycles. The van der Waals surface area contributed by atoms with Gasteiger partial charge >= 0.3 is 0 Å². The zero-order valence-corrected chi connectivity index (χ0v) is 12.1. The van der Waals surface area contributed by atoms with E-state index < -0.39 is 15.4 Å². The van der Waals surface area contributed by atoms with E-state index in [1.807, 2.05) is 4.90 Å². The quantitative estimate of drug-likeness (QED) is 0.888. The third-order valence-corrected chi connectivity index (χ3v) is 6.37. The highest BCUT2D eigenvalue weighted by atomic mass is 32.2. The molecular weight excluding hydrogens is 279 g/mol. The number of fused-ring (bicyclic) bond motifs is 1. The maximum absolute atomic E-state index is 13.5. The number of benzene rings is 1. The molecule has 0 bridgehead atoms. The molecule has 4 nitrogen and oxygen atoms in total. The lowest BCUT2D eigenvalue weighted by Crippen LogP contribution is -2.60. The summed E-state index contributed by atoms with van der Waals surface area (Å²) < 4.78 is 37.5. The molecule has 1 aromatic rings. The molecule has 2 aliphatic rings. The van der Waals surface area contributed by atoms with E-state index in [2.05, 4.69) is 0 Å². The molecule has 6 heteroatoms. The number of anilines is 1. The van der Waals surface area contributed by atoms with Crippen LogP contribution in [-0.2, 0) is 16.3 Å². The Labute approximate surface area is 118 Å². The minimum Gasteiger partial charge on any atom is -0.363 e. The molecule has 1 aromatic carbocycles. The van der Waals surface area contributed by atoms with Crippen LogP contribution in [0.3, 0.4) is 0 Å². The zero-order valence-electron chi connectivity index (χ0n) is 11.3. The fraction of sp³-hybridized carbons (Fsp3) is 0.571. The largest absolute Gasteiger partial charge is 0.363 e. The lowest BCUT2D eigenvalue weighted by molar-refractivity contribution is 0.388. The second-order valence-corrected chi connectivity index (χ2v) is 7.98. The van der Waals surface area contributed by atoms with Gasteiger partial charge in [-0.1, -0.05) is 6.07 Å². The Kier molecular flexibility index (Phi) is 3.25. The second-order valence-electron chi connectivity index (χ2n) is 5.80. The first kappa shape index (κ1) is 13.8. The van der Waals surface area contributed by atoms with Crippen LogP contribution in [0.4, 0.5) is 10.1 Å². The van der Waals surface area contributed by atoms with Gasteiger partial charge in [0, 0.05) is 18.8 Å². The minimum absolute atomic E-state index is 0.0758. The molecule has 2 heterocycles. The lowest BCUT2D eigenvalue weighted by atomic mass is 9.93. The molecular formula is C14H19FN2O2S. The standard InChI is InChI=1S/C14H19FN2O2S/c15-12-3-2-11-4-6-17(13(11)8-12)14(9-16)5-1-7-20(18,19)10-14/h2-3,8H,1,4-7,9-10,16H2. The molecule has 0 radical (unpaired) electrons. The van der Waals surface area contributed by atoms with Crippen LogP contribution >= 0.6 is 0 Å². The Bertz CT molecular complexity index is 632. The van der Waals surface area contributed by atoms with Crippen LogP contribution in [0.15, 0.2) is 18.2 Å². The topological polar surface area (TPSA) is 63.4 Å². The first-order valence-electron chi connectivity index (χ1n) is 6.92. The molecule has 1 unspecified atom stereocenters. The number of sulfone groups is 1. The molecule has 1 saturated heterocycles. The molecule has 0 spiro atoms. The van der Waals surface area contributed by atoms with E-state index in [9.17, 15) is 12.8 Å². The van der Waals surface area contributed by atoms with E-state index in [-0.39, 0.29) is 23.9 Å². The Balaban J connectivity index is 2.02. The van der Waals surface area contributed by atoms with Crippen molar-refractivity contribution in [1.29, 1.82) is 0 Å². The Morgan fingerprint density at radius 1 is 1.40 bits per heavy atom. The molecule has 0 aliphatic carbocycles. The third kappa shape index (κ3) is 2.20. The van der Waals surface area contributed by atoms with Crippen molar-refractivity contribution in [2.45, 2.75) is 24.8 Å². The van der Waals surface area contributed by atoms with E-state index in [1.54, 1.807) is 6.07 Å². The molecule has 3 rings (SSSR count). The van der Waals surface area contributed by atoms with Crippen molar-refractivity contribution < 1.29 is 12.8 Å². The van der Waals surface area contributed by atoms with Crippen LogP contribution in [-0.4, -0.2) is 38.6 Å². The lowest BCUT2D eigenvalue weighted by Gasteiger charge is -2.45. The SMILES string of the molecule is NCC1(N2CCc3ccc(F)cc32)CCCS(=O)(=O)C1. The van der Waals surface area contributed by atoms with Crippen LogP contribution in [0.5, 0.6) is 0 Å². The highest BCUT2D eigenvalue weighted by Crippen LogP contribution is 2.38. The summed E-state index contributed by atoms with van der Waals surface area (Å²) in [6.07, 6.45) is 2.19. The van der Waals surface area contributed by atoms with Crippen LogP contribution in [0.1, 0.15) is 18.4 Å². The summed E-state index contributed by atoms with van der Waals surface area (Å²) in [6, 6.07) is 4.74. The van der Waals surface area contributed by atoms with Crippen molar-refractivity contribution in [3.05, 3.63) is 29.6 Å². The normalized spacial score (nSPS) is 28.4. The number of nitrogens with two attached hydrogens (primary N) is 1. The van der Waals surface area contributed by atoms with E-state index in [0.29, 0.717) is 13.0 Å². The smallest absolute Gasteiger partial charge is 0.152 e. The number of rotatable bonds is 2. The van der Waals surface area contributed by atoms with Gasteiger partial charge in [-0.15, -0.1) is 0 Å². The van der Waals surface area contributed by atoms with E-state index >= 15 is 0 Å². The van der Waals surface area contributed by atoms with Crippen LogP contribution in [0.25, 0.3) is 0 Å². The fourth-order valence-corrected chi connectivity index (χ4v) is 5.47. The molecule has 110 valence electrons. The maximum Gasteiger partial charge on any atom is 0.152 e. The molecule has 0 aromatic heterocycles. The minimum atomic E-state index is -3.07. The maximum atomic E-state index is 13.5. The fourth-order valence-electron chi connectivity index (χ4n) is 3.50. The Hall–Kier alpha value is -1.14. The predicted octanol–water partition coefficient (Wildman–Crippen LogP) is 1.09. The van der Waals surface area contributed by atoms with Crippen molar-refractivity contribution in [3.63, 3.8) is 0 Å². The summed E-state index contributed by atoms with van der Waals surface area (Å²) in [6.45, 7) is 0.994. The van der Waals surface area contributed by atoms with Gasteiger partial charge in [-0.05, 0) is 37.0 Å². The van der Waals surface area contributed by atoms with Crippen LogP contribution in [0.2, 0.25) is 0 Å². The number of nitrogens with zero attached hydrogens (tertiary/aromatic N) is 1. The van der Waals surface area contributed by atoms with E-state index in [4.69, 9.17) is 5.73 Å². The Morgan fingerprint density at radius 2 is 2.20 bits per heavy atom. The summed E-state index contributed by atoms with van der Waals surface area (Å²) in [5, 5.41) is 0. The molecule has 2 N–H and O–H groups in total. The summed E-state index contributed by atoms with van der Waals surface area (Å²) in [4.78, 5) is 2.03. The van der Waals surface area contributed by atoms with Gasteiger partial charge in [0.15, 0.2) is 9.84 Å². The van der Waals surface area contributed by atoms with Gasteiger partial charge in [0.05, 0.1) is 17.0 Å². The third-order valence-electron chi connectivity index (χ3n) is 4.48. The summed E-state index contributed by atoms with van der Waals surface area (Å²) >= 11 is 0. The van der Waals surface area contributed by atoms with Crippen LogP contribution < -0.4 is 10.6 Å². The van der Waals surface area contributed by atoms with Gasteiger partial charge in [0.1, 0.15) is 5.82 Å². The van der Waals surface area contributed by atoms with Crippen molar-refractivity contribution in [2.24, 2.45) is 5.73 Å². The molecule has 0 amide bonds. The van der Waals surface area contributed by atoms with E-state index in [0.717, 1.165) is 24.1 Å². The zero-order chi connectivity index (χ0) is 14.4. The van der Waals surface area contributed by atoms with Crippen molar-refractivity contribution >= 4 is 15.5 Å². The summed E-state index contributed by atoms with van der Waals surface area (Å²) in [7, 11) is -3.07. The molecule has 1 atom stereocenters. The van der Waals surface area contributed by atoms with Crippen molar-refractivity contribution in [1.82, 2.24) is 0 Å². The number of halogens is 1. The van der Waals surface area contributed by atoms with Gasteiger partial charge in [-0.3, -0.25) is 0 Å².